The van der Waals surface area contributed by atoms with Crippen molar-refractivity contribution in [3.63, 3.8) is 0 Å². The number of carbonyl (C=O) groups excluding carboxylic acids is 1. The molecule has 1 aromatic heterocycles. The smallest absolute Gasteiger partial charge is 0.330 e. The Morgan fingerprint density at radius 2 is 1.96 bits per heavy atom. The lowest BCUT2D eigenvalue weighted by molar-refractivity contribution is -0.134. The Morgan fingerprint density at radius 1 is 1.17 bits per heavy atom. The van der Waals surface area contributed by atoms with Crippen LogP contribution in [0.2, 0.25) is 0 Å². The number of esters is 1. The van der Waals surface area contributed by atoms with Crippen molar-refractivity contribution in [1.82, 2.24) is 9.97 Å². The standard InChI is InChI=1S/C18H16N2O3/c1-22-18(21)11-8-13-6-9-14(10-7-13)23-12-17-19-15-4-2-3-5-16(15)20-17/h2-11H,12H2,1H3,(H,19,20). The molecule has 23 heavy (non-hydrogen) atoms. The van der Waals surface area contributed by atoms with Crippen molar-refractivity contribution in [2.75, 3.05) is 7.11 Å². The number of nitrogens with zero attached hydrogens (tertiary/aromatic N) is 1. The van der Waals surface area contributed by atoms with Gasteiger partial charge in [-0.3, -0.25) is 0 Å². The maximum Gasteiger partial charge on any atom is 0.330 e. The topological polar surface area (TPSA) is 64.2 Å². The van der Waals surface area contributed by atoms with Crippen LogP contribution in [0, 0.1) is 0 Å². The predicted molar refractivity (Wildman–Crippen MR) is 87.9 cm³/mol. The molecule has 1 heterocycles. The van der Waals surface area contributed by atoms with E-state index in [0.717, 1.165) is 28.2 Å². The second kappa shape index (κ2) is 6.79. The van der Waals surface area contributed by atoms with Gasteiger partial charge in [-0.15, -0.1) is 0 Å². The number of aromatic amines is 1. The van der Waals surface area contributed by atoms with Crippen molar-refractivity contribution >= 4 is 23.1 Å². The summed E-state index contributed by atoms with van der Waals surface area (Å²) in [5.74, 6) is 1.14. The molecule has 0 aliphatic carbocycles. The van der Waals surface area contributed by atoms with E-state index in [2.05, 4.69) is 14.7 Å². The highest BCUT2D eigenvalue weighted by atomic mass is 16.5. The average Bonchev–Trinajstić information content (AvgIpc) is 3.01. The molecule has 0 fully saturated rings. The third-order valence-electron chi connectivity index (χ3n) is 3.31. The number of fused-ring (bicyclic) bond motifs is 1. The molecule has 0 unspecified atom stereocenters. The van der Waals surface area contributed by atoms with E-state index in [9.17, 15) is 4.79 Å². The number of carbonyl (C=O) groups is 1. The van der Waals surface area contributed by atoms with Crippen LogP contribution in [-0.2, 0) is 16.1 Å². The van der Waals surface area contributed by atoms with Crippen molar-refractivity contribution in [2.24, 2.45) is 0 Å². The van der Waals surface area contributed by atoms with Crippen molar-refractivity contribution < 1.29 is 14.3 Å². The fraction of sp³-hybridized carbons (Fsp3) is 0.111. The van der Waals surface area contributed by atoms with E-state index < -0.39 is 0 Å². The lowest BCUT2D eigenvalue weighted by Crippen LogP contribution is -1.97. The number of rotatable bonds is 5. The molecule has 3 rings (SSSR count). The second-order valence-electron chi connectivity index (χ2n) is 4.91. The van der Waals surface area contributed by atoms with Crippen LogP contribution < -0.4 is 4.74 Å². The molecule has 0 bridgehead atoms. The van der Waals surface area contributed by atoms with Gasteiger partial charge < -0.3 is 14.5 Å². The van der Waals surface area contributed by atoms with Crippen molar-refractivity contribution in [2.45, 2.75) is 6.61 Å². The number of benzene rings is 2. The molecule has 3 aromatic rings. The molecule has 0 saturated heterocycles. The molecule has 116 valence electrons. The first kappa shape index (κ1) is 14.8. The summed E-state index contributed by atoms with van der Waals surface area (Å²) in [7, 11) is 1.35. The van der Waals surface area contributed by atoms with Crippen LogP contribution in [0.4, 0.5) is 0 Å². The van der Waals surface area contributed by atoms with E-state index >= 15 is 0 Å². The summed E-state index contributed by atoms with van der Waals surface area (Å²) >= 11 is 0. The highest BCUT2D eigenvalue weighted by molar-refractivity contribution is 5.86. The number of imidazole rings is 1. The van der Waals surface area contributed by atoms with E-state index in [4.69, 9.17) is 4.74 Å². The summed E-state index contributed by atoms with van der Waals surface area (Å²) in [5, 5.41) is 0. The van der Waals surface area contributed by atoms with Gasteiger partial charge in [-0.1, -0.05) is 24.3 Å². The highest BCUT2D eigenvalue weighted by Crippen LogP contribution is 2.16. The van der Waals surface area contributed by atoms with Crippen LogP contribution in [0.1, 0.15) is 11.4 Å². The molecule has 0 atom stereocenters. The lowest BCUT2D eigenvalue weighted by Gasteiger charge is -2.04. The van der Waals surface area contributed by atoms with Gasteiger partial charge in [0.1, 0.15) is 18.2 Å². The summed E-state index contributed by atoms with van der Waals surface area (Å²) in [5.41, 5.74) is 2.82. The van der Waals surface area contributed by atoms with E-state index in [-0.39, 0.29) is 5.97 Å². The van der Waals surface area contributed by atoms with Gasteiger partial charge in [0.2, 0.25) is 0 Å². The molecule has 2 aromatic carbocycles. The zero-order valence-electron chi connectivity index (χ0n) is 12.7. The number of H-pyrrole nitrogens is 1. The Hall–Kier alpha value is -3.08. The van der Waals surface area contributed by atoms with Crippen molar-refractivity contribution in [1.29, 1.82) is 0 Å². The predicted octanol–water partition coefficient (Wildman–Crippen LogP) is 3.33. The average molecular weight is 308 g/mol. The molecule has 0 aliphatic rings. The minimum Gasteiger partial charge on any atom is -0.486 e. The first-order valence-electron chi connectivity index (χ1n) is 7.17. The molecule has 1 N–H and O–H groups in total. The summed E-state index contributed by atoms with van der Waals surface area (Å²) in [6, 6.07) is 15.3. The van der Waals surface area contributed by atoms with Crippen LogP contribution in [0.5, 0.6) is 5.75 Å². The zero-order valence-corrected chi connectivity index (χ0v) is 12.7. The number of methoxy groups -OCH3 is 1. The Bertz CT molecular complexity index is 802. The first-order chi connectivity index (χ1) is 11.2. The van der Waals surface area contributed by atoms with Gasteiger partial charge in [-0.05, 0) is 35.9 Å². The summed E-state index contributed by atoms with van der Waals surface area (Å²) in [6.45, 7) is 0.367. The third-order valence-corrected chi connectivity index (χ3v) is 3.31. The van der Waals surface area contributed by atoms with Gasteiger partial charge in [0.15, 0.2) is 0 Å². The summed E-state index contributed by atoms with van der Waals surface area (Å²) < 4.78 is 10.3. The van der Waals surface area contributed by atoms with Gasteiger partial charge in [-0.2, -0.15) is 0 Å². The van der Waals surface area contributed by atoms with Crippen LogP contribution >= 0.6 is 0 Å². The number of nitrogens with one attached hydrogen (secondary N) is 1. The van der Waals surface area contributed by atoms with Crippen molar-refractivity contribution in [3.05, 3.63) is 66.0 Å². The Balaban J connectivity index is 1.62. The van der Waals surface area contributed by atoms with Crippen LogP contribution in [-0.4, -0.2) is 23.0 Å². The number of para-hydroxylation sites is 2. The van der Waals surface area contributed by atoms with E-state index in [1.807, 2.05) is 48.5 Å². The summed E-state index contributed by atoms with van der Waals surface area (Å²) in [4.78, 5) is 18.7. The molecule has 5 nitrogen and oxygen atoms in total. The quantitative estimate of drug-likeness (QED) is 0.580. The normalized spacial score (nSPS) is 11.0. The number of hydrogen-bond acceptors (Lipinski definition) is 4. The monoisotopic (exact) mass is 308 g/mol. The van der Waals surface area contributed by atoms with Crippen molar-refractivity contribution in [3.8, 4) is 5.75 Å². The van der Waals surface area contributed by atoms with Gasteiger partial charge in [0.25, 0.3) is 0 Å². The second-order valence-corrected chi connectivity index (χ2v) is 4.91. The van der Waals surface area contributed by atoms with Gasteiger partial charge >= 0.3 is 5.97 Å². The van der Waals surface area contributed by atoms with Crippen LogP contribution in [0.25, 0.3) is 17.1 Å². The molecule has 0 saturated carbocycles. The SMILES string of the molecule is COC(=O)C=Cc1ccc(OCc2nc3ccccc3[nH]2)cc1. The molecular weight excluding hydrogens is 292 g/mol. The maximum absolute atomic E-state index is 11.0. The highest BCUT2D eigenvalue weighted by Gasteiger charge is 2.03. The van der Waals surface area contributed by atoms with E-state index in [1.165, 1.54) is 13.2 Å². The number of ether oxygens (including phenoxy) is 2. The fourth-order valence-corrected chi connectivity index (χ4v) is 2.13. The Labute approximate surface area is 133 Å². The minimum absolute atomic E-state index is 0.367. The van der Waals surface area contributed by atoms with E-state index in [1.54, 1.807) is 6.08 Å². The van der Waals surface area contributed by atoms with Crippen LogP contribution in [0.15, 0.2) is 54.6 Å². The van der Waals surface area contributed by atoms with E-state index in [0.29, 0.717) is 6.61 Å². The maximum atomic E-state index is 11.0. The lowest BCUT2D eigenvalue weighted by atomic mass is 10.2. The molecule has 0 aliphatic heterocycles. The van der Waals surface area contributed by atoms with Gasteiger partial charge in [0.05, 0.1) is 18.1 Å². The third kappa shape index (κ3) is 3.77. The van der Waals surface area contributed by atoms with Gasteiger partial charge in [-0.25, -0.2) is 9.78 Å². The molecule has 0 amide bonds. The Kier molecular flexibility index (Phi) is 4.38. The largest absolute Gasteiger partial charge is 0.486 e. The minimum atomic E-state index is -0.379. The number of aromatic nitrogens is 2. The van der Waals surface area contributed by atoms with Crippen LogP contribution in [0.3, 0.4) is 0 Å². The summed E-state index contributed by atoms with van der Waals surface area (Å²) in [6.07, 6.45) is 3.07. The molecule has 5 heteroatoms. The molecule has 0 radical (unpaired) electrons. The fourth-order valence-electron chi connectivity index (χ4n) is 2.13. The molecular formula is C18H16N2O3. The first-order valence-corrected chi connectivity index (χ1v) is 7.17. The zero-order chi connectivity index (χ0) is 16.1. The Morgan fingerprint density at radius 3 is 2.70 bits per heavy atom. The van der Waals surface area contributed by atoms with Gasteiger partial charge in [0, 0.05) is 6.08 Å². The molecule has 0 spiro atoms. The number of hydrogen-bond donors (Lipinski definition) is 1.